The molecule has 4 nitrogen and oxygen atoms in total. The fourth-order valence-electron chi connectivity index (χ4n) is 2.94. The highest BCUT2D eigenvalue weighted by atomic mass is 19.1. The second-order valence-electron chi connectivity index (χ2n) is 6.49. The van der Waals surface area contributed by atoms with Crippen LogP contribution in [0, 0.1) is 11.7 Å². The Balaban J connectivity index is 1.73. The smallest absolute Gasteiger partial charge is 0.255 e. The van der Waals surface area contributed by atoms with Crippen LogP contribution < -0.4 is 5.32 Å². The van der Waals surface area contributed by atoms with Crippen molar-refractivity contribution in [3.8, 4) is 0 Å². The summed E-state index contributed by atoms with van der Waals surface area (Å²) in [6.07, 6.45) is 2.00. The Morgan fingerprint density at radius 2 is 1.72 bits per heavy atom. The molecule has 5 heteroatoms. The molecule has 1 aliphatic heterocycles. The molecule has 1 aliphatic rings. The number of anilines is 1. The van der Waals surface area contributed by atoms with E-state index in [1.807, 2.05) is 4.90 Å². The number of piperidine rings is 1. The second-order valence-corrected chi connectivity index (χ2v) is 6.49. The Hall–Kier alpha value is -2.69. The van der Waals surface area contributed by atoms with Crippen LogP contribution in [-0.2, 0) is 0 Å². The van der Waals surface area contributed by atoms with Crippen molar-refractivity contribution >= 4 is 17.5 Å². The zero-order valence-corrected chi connectivity index (χ0v) is 14.2. The predicted octanol–water partition coefficient (Wildman–Crippen LogP) is 3.95. The second kappa shape index (κ2) is 7.47. The zero-order chi connectivity index (χ0) is 17.8. The fraction of sp³-hybridized carbons (Fsp3) is 0.300. The molecular formula is C20H21FN2O2. The van der Waals surface area contributed by atoms with E-state index in [0.717, 1.165) is 25.9 Å². The Morgan fingerprint density at radius 1 is 1.04 bits per heavy atom. The van der Waals surface area contributed by atoms with E-state index in [9.17, 15) is 14.0 Å². The lowest BCUT2D eigenvalue weighted by molar-refractivity contribution is 0.0697. The van der Waals surface area contributed by atoms with Crippen molar-refractivity contribution in [3.63, 3.8) is 0 Å². The monoisotopic (exact) mass is 340 g/mol. The predicted molar refractivity (Wildman–Crippen MR) is 95.1 cm³/mol. The topological polar surface area (TPSA) is 49.4 Å². The number of carbonyl (C=O) groups excluding carboxylic acids is 2. The molecule has 0 bridgehead atoms. The van der Waals surface area contributed by atoms with E-state index in [1.165, 1.54) is 12.1 Å². The van der Waals surface area contributed by atoms with Crippen molar-refractivity contribution in [3.05, 3.63) is 65.5 Å². The number of benzene rings is 2. The molecule has 0 radical (unpaired) electrons. The van der Waals surface area contributed by atoms with Crippen molar-refractivity contribution in [2.24, 2.45) is 5.92 Å². The van der Waals surface area contributed by atoms with Crippen LogP contribution in [0.1, 0.15) is 40.5 Å². The van der Waals surface area contributed by atoms with E-state index < -0.39 is 11.7 Å². The Morgan fingerprint density at radius 3 is 2.44 bits per heavy atom. The molecule has 130 valence electrons. The molecule has 0 aliphatic carbocycles. The van der Waals surface area contributed by atoms with Crippen molar-refractivity contribution < 1.29 is 14.0 Å². The van der Waals surface area contributed by atoms with Gasteiger partial charge in [0.2, 0.25) is 0 Å². The van der Waals surface area contributed by atoms with Gasteiger partial charge in [-0.05, 0) is 49.1 Å². The number of rotatable bonds is 3. The molecule has 0 aromatic heterocycles. The van der Waals surface area contributed by atoms with Crippen LogP contribution in [0.3, 0.4) is 0 Å². The number of hydrogen-bond donors (Lipinski definition) is 1. The van der Waals surface area contributed by atoms with Gasteiger partial charge in [0.25, 0.3) is 11.8 Å². The van der Waals surface area contributed by atoms with Crippen LogP contribution in [0.15, 0.2) is 48.5 Å². The van der Waals surface area contributed by atoms with Crippen LogP contribution in [0.2, 0.25) is 0 Å². The van der Waals surface area contributed by atoms with Gasteiger partial charge in [-0.1, -0.05) is 25.1 Å². The summed E-state index contributed by atoms with van der Waals surface area (Å²) < 4.78 is 13.7. The van der Waals surface area contributed by atoms with Crippen LogP contribution in [0.5, 0.6) is 0 Å². The summed E-state index contributed by atoms with van der Waals surface area (Å²) in [6.45, 7) is 3.67. The molecule has 0 spiro atoms. The average molecular weight is 340 g/mol. The van der Waals surface area contributed by atoms with Crippen molar-refractivity contribution in [1.82, 2.24) is 4.90 Å². The van der Waals surface area contributed by atoms with Gasteiger partial charge >= 0.3 is 0 Å². The minimum Gasteiger partial charge on any atom is -0.339 e. The Kier molecular flexibility index (Phi) is 5.12. The third-order valence-corrected chi connectivity index (χ3v) is 4.56. The minimum atomic E-state index is -0.495. The van der Waals surface area contributed by atoms with Gasteiger partial charge in [0.05, 0.1) is 5.69 Å². The maximum absolute atomic E-state index is 13.7. The summed E-state index contributed by atoms with van der Waals surface area (Å²) in [4.78, 5) is 26.8. The highest BCUT2D eigenvalue weighted by molar-refractivity contribution is 6.06. The van der Waals surface area contributed by atoms with Gasteiger partial charge in [-0.3, -0.25) is 9.59 Å². The minimum absolute atomic E-state index is 0.0626. The molecule has 1 fully saturated rings. The summed E-state index contributed by atoms with van der Waals surface area (Å²) in [5.41, 5.74) is 0.935. The maximum atomic E-state index is 13.7. The van der Waals surface area contributed by atoms with E-state index >= 15 is 0 Å². The molecule has 1 saturated heterocycles. The van der Waals surface area contributed by atoms with E-state index in [0.29, 0.717) is 17.0 Å². The SMILES string of the molecule is CC1CCN(C(=O)c2cccc(C(=O)Nc3ccccc3F)c2)CC1. The van der Waals surface area contributed by atoms with E-state index in [2.05, 4.69) is 12.2 Å². The number of para-hydroxylation sites is 1. The summed E-state index contributed by atoms with van der Waals surface area (Å²) in [5.74, 6) is -0.355. The van der Waals surface area contributed by atoms with Gasteiger partial charge in [-0.15, -0.1) is 0 Å². The van der Waals surface area contributed by atoms with Crippen molar-refractivity contribution in [2.75, 3.05) is 18.4 Å². The molecule has 2 aromatic carbocycles. The van der Waals surface area contributed by atoms with Gasteiger partial charge in [0, 0.05) is 24.2 Å². The number of halogens is 1. The lowest BCUT2D eigenvalue weighted by atomic mass is 9.98. The summed E-state index contributed by atoms with van der Waals surface area (Å²) in [6, 6.07) is 12.6. The van der Waals surface area contributed by atoms with Gasteiger partial charge in [-0.2, -0.15) is 0 Å². The first-order chi connectivity index (χ1) is 12.0. The number of amides is 2. The third kappa shape index (κ3) is 4.05. The van der Waals surface area contributed by atoms with Crippen LogP contribution >= 0.6 is 0 Å². The highest BCUT2D eigenvalue weighted by Crippen LogP contribution is 2.19. The molecule has 3 rings (SSSR count). The number of likely N-dealkylation sites (tertiary alicyclic amines) is 1. The van der Waals surface area contributed by atoms with Gasteiger partial charge < -0.3 is 10.2 Å². The average Bonchev–Trinajstić information content (AvgIpc) is 2.64. The van der Waals surface area contributed by atoms with Crippen LogP contribution in [0.4, 0.5) is 10.1 Å². The fourth-order valence-corrected chi connectivity index (χ4v) is 2.94. The molecule has 25 heavy (non-hydrogen) atoms. The van der Waals surface area contributed by atoms with Crippen molar-refractivity contribution in [1.29, 1.82) is 0 Å². The molecule has 1 N–H and O–H groups in total. The molecule has 0 saturated carbocycles. The normalized spacial score (nSPS) is 15.0. The molecule has 0 unspecified atom stereocenters. The lowest BCUT2D eigenvalue weighted by Gasteiger charge is -2.30. The number of nitrogens with zero attached hydrogens (tertiary/aromatic N) is 1. The van der Waals surface area contributed by atoms with Gasteiger partial charge in [0.1, 0.15) is 5.82 Å². The largest absolute Gasteiger partial charge is 0.339 e. The quantitative estimate of drug-likeness (QED) is 0.920. The number of hydrogen-bond acceptors (Lipinski definition) is 2. The Bertz CT molecular complexity index is 783. The lowest BCUT2D eigenvalue weighted by Crippen LogP contribution is -2.38. The summed E-state index contributed by atoms with van der Waals surface area (Å²) in [5, 5.41) is 2.54. The summed E-state index contributed by atoms with van der Waals surface area (Å²) >= 11 is 0. The third-order valence-electron chi connectivity index (χ3n) is 4.56. The molecule has 2 aromatic rings. The standard InChI is InChI=1S/C20H21FN2O2/c1-14-9-11-23(12-10-14)20(25)16-6-4-5-15(13-16)19(24)22-18-8-3-2-7-17(18)21/h2-8,13-14H,9-12H2,1H3,(H,22,24). The molecule has 1 heterocycles. The first-order valence-corrected chi connectivity index (χ1v) is 8.50. The molecule has 2 amide bonds. The maximum Gasteiger partial charge on any atom is 0.255 e. The van der Waals surface area contributed by atoms with Gasteiger partial charge in [-0.25, -0.2) is 4.39 Å². The van der Waals surface area contributed by atoms with E-state index in [-0.39, 0.29) is 11.6 Å². The van der Waals surface area contributed by atoms with Gasteiger partial charge in [0.15, 0.2) is 0 Å². The first kappa shape index (κ1) is 17.1. The zero-order valence-electron chi connectivity index (χ0n) is 14.2. The van der Waals surface area contributed by atoms with Crippen LogP contribution in [0.25, 0.3) is 0 Å². The number of nitrogens with one attached hydrogen (secondary N) is 1. The van der Waals surface area contributed by atoms with Crippen LogP contribution in [-0.4, -0.2) is 29.8 Å². The van der Waals surface area contributed by atoms with E-state index in [1.54, 1.807) is 36.4 Å². The molecule has 0 atom stereocenters. The highest BCUT2D eigenvalue weighted by Gasteiger charge is 2.22. The Labute approximate surface area is 146 Å². The van der Waals surface area contributed by atoms with Crippen molar-refractivity contribution in [2.45, 2.75) is 19.8 Å². The summed E-state index contributed by atoms with van der Waals surface area (Å²) in [7, 11) is 0. The van der Waals surface area contributed by atoms with E-state index in [4.69, 9.17) is 0 Å². The molecular weight excluding hydrogens is 319 g/mol. The first-order valence-electron chi connectivity index (χ1n) is 8.50. The number of carbonyl (C=O) groups is 2.